The van der Waals surface area contributed by atoms with Crippen LogP contribution < -0.4 is 10.1 Å². The van der Waals surface area contributed by atoms with Crippen molar-refractivity contribution in [2.24, 2.45) is 0 Å². The largest absolute Gasteiger partial charge is 0.489 e. The van der Waals surface area contributed by atoms with Crippen molar-refractivity contribution in [1.29, 1.82) is 0 Å². The molecule has 0 heterocycles. The van der Waals surface area contributed by atoms with Crippen LogP contribution >= 0.6 is 0 Å². The quantitative estimate of drug-likeness (QED) is 0.852. The van der Waals surface area contributed by atoms with E-state index in [4.69, 9.17) is 9.84 Å². The molecule has 5 heteroatoms. The second-order valence-corrected chi connectivity index (χ2v) is 4.38. The Morgan fingerprint density at radius 3 is 2.52 bits per heavy atom. The van der Waals surface area contributed by atoms with Gasteiger partial charge in [0.15, 0.2) is 0 Å². The summed E-state index contributed by atoms with van der Waals surface area (Å²) in [5, 5.41) is 10.8. The van der Waals surface area contributed by atoms with E-state index in [1.165, 1.54) is 0 Å². The molecule has 2 aromatic carbocycles. The van der Waals surface area contributed by atoms with Gasteiger partial charge >= 0.3 is 5.97 Å². The molecule has 0 aliphatic carbocycles. The van der Waals surface area contributed by atoms with Crippen LogP contribution in [-0.4, -0.2) is 23.5 Å². The van der Waals surface area contributed by atoms with Crippen LogP contribution in [0.4, 0.5) is 0 Å². The highest BCUT2D eigenvalue weighted by molar-refractivity contribution is 5.96. The molecule has 0 aliphatic heterocycles. The molecule has 108 valence electrons. The second-order valence-electron chi connectivity index (χ2n) is 4.38. The van der Waals surface area contributed by atoms with Gasteiger partial charge in [0, 0.05) is 5.56 Å². The van der Waals surface area contributed by atoms with Crippen LogP contribution in [0.1, 0.15) is 15.9 Å². The van der Waals surface area contributed by atoms with Crippen LogP contribution in [0.2, 0.25) is 0 Å². The van der Waals surface area contributed by atoms with Crippen LogP contribution in [0.5, 0.6) is 5.75 Å². The smallest absolute Gasteiger partial charge is 0.322 e. The fourth-order valence-corrected chi connectivity index (χ4v) is 1.73. The standard InChI is InChI=1S/C16H15NO4/c18-15(19)10-17-16(20)13-7-4-8-14(9-13)21-11-12-5-2-1-3-6-12/h1-9H,10-11H2,(H,17,20)(H,18,19). The molecule has 21 heavy (non-hydrogen) atoms. The van der Waals surface area contributed by atoms with Gasteiger partial charge in [0.1, 0.15) is 18.9 Å². The van der Waals surface area contributed by atoms with Crippen molar-refractivity contribution in [3.8, 4) is 5.75 Å². The summed E-state index contributed by atoms with van der Waals surface area (Å²) in [5.74, 6) is -0.968. The number of hydrogen-bond donors (Lipinski definition) is 2. The first-order valence-electron chi connectivity index (χ1n) is 6.42. The summed E-state index contributed by atoms with van der Waals surface area (Å²) in [4.78, 5) is 22.2. The van der Waals surface area contributed by atoms with Gasteiger partial charge in [0.2, 0.25) is 0 Å². The fraction of sp³-hybridized carbons (Fsp3) is 0.125. The van der Waals surface area contributed by atoms with E-state index in [0.717, 1.165) is 5.56 Å². The first-order valence-corrected chi connectivity index (χ1v) is 6.42. The normalized spacial score (nSPS) is 9.90. The average molecular weight is 285 g/mol. The lowest BCUT2D eigenvalue weighted by molar-refractivity contribution is -0.135. The van der Waals surface area contributed by atoms with Gasteiger partial charge < -0.3 is 15.2 Å². The van der Waals surface area contributed by atoms with Crippen LogP contribution in [0.3, 0.4) is 0 Å². The molecule has 0 bridgehead atoms. The summed E-state index contributed by atoms with van der Waals surface area (Å²) in [7, 11) is 0. The Morgan fingerprint density at radius 1 is 1.05 bits per heavy atom. The maximum absolute atomic E-state index is 11.7. The third kappa shape index (κ3) is 4.65. The minimum atomic E-state index is -1.08. The Bertz CT molecular complexity index is 625. The number of benzene rings is 2. The molecule has 5 nitrogen and oxygen atoms in total. The van der Waals surface area contributed by atoms with Gasteiger partial charge in [0.25, 0.3) is 5.91 Å². The summed E-state index contributed by atoms with van der Waals surface area (Å²) in [6.45, 7) is -0.00499. The van der Waals surface area contributed by atoms with Crippen LogP contribution in [-0.2, 0) is 11.4 Å². The zero-order chi connectivity index (χ0) is 15.1. The van der Waals surface area contributed by atoms with Crippen molar-refractivity contribution in [1.82, 2.24) is 5.32 Å². The van der Waals surface area contributed by atoms with Gasteiger partial charge in [-0.1, -0.05) is 36.4 Å². The number of carboxylic acids is 1. The van der Waals surface area contributed by atoms with Crippen molar-refractivity contribution in [2.45, 2.75) is 6.61 Å². The summed E-state index contributed by atoms with van der Waals surface area (Å²) in [6, 6.07) is 16.3. The molecule has 0 aromatic heterocycles. The molecular weight excluding hydrogens is 270 g/mol. The van der Waals surface area contributed by atoms with Gasteiger partial charge in [-0.2, -0.15) is 0 Å². The van der Waals surface area contributed by atoms with E-state index < -0.39 is 18.4 Å². The van der Waals surface area contributed by atoms with Crippen molar-refractivity contribution in [3.63, 3.8) is 0 Å². The molecule has 0 saturated heterocycles. The van der Waals surface area contributed by atoms with E-state index in [9.17, 15) is 9.59 Å². The highest BCUT2D eigenvalue weighted by atomic mass is 16.5. The fourth-order valence-electron chi connectivity index (χ4n) is 1.73. The summed E-state index contributed by atoms with van der Waals surface area (Å²) in [6.07, 6.45) is 0. The molecule has 0 aliphatic rings. The lowest BCUT2D eigenvalue weighted by Crippen LogP contribution is -2.29. The third-order valence-corrected chi connectivity index (χ3v) is 2.74. The maximum Gasteiger partial charge on any atom is 0.322 e. The molecule has 0 spiro atoms. The number of hydrogen-bond acceptors (Lipinski definition) is 3. The van der Waals surface area contributed by atoms with Crippen LogP contribution in [0.15, 0.2) is 54.6 Å². The van der Waals surface area contributed by atoms with E-state index in [-0.39, 0.29) is 0 Å². The molecular formula is C16H15NO4. The molecule has 2 N–H and O–H groups in total. The van der Waals surface area contributed by atoms with Crippen molar-refractivity contribution >= 4 is 11.9 Å². The Morgan fingerprint density at radius 2 is 1.81 bits per heavy atom. The third-order valence-electron chi connectivity index (χ3n) is 2.74. The molecule has 0 radical (unpaired) electrons. The van der Waals surface area contributed by atoms with Crippen molar-refractivity contribution in [2.75, 3.05) is 6.54 Å². The summed E-state index contributed by atoms with van der Waals surface area (Å²) < 4.78 is 5.61. The van der Waals surface area contributed by atoms with Crippen LogP contribution in [0, 0.1) is 0 Å². The predicted molar refractivity (Wildman–Crippen MR) is 77.2 cm³/mol. The summed E-state index contributed by atoms with van der Waals surface area (Å²) >= 11 is 0. The molecule has 1 amide bonds. The molecule has 2 aromatic rings. The number of rotatable bonds is 6. The molecule has 0 saturated carbocycles. The second kappa shape index (κ2) is 7.09. The molecule has 0 unspecified atom stereocenters. The number of ether oxygens (including phenoxy) is 1. The molecule has 0 atom stereocenters. The van der Waals surface area contributed by atoms with E-state index in [1.807, 2.05) is 30.3 Å². The Kier molecular flexibility index (Phi) is 4.93. The minimum Gasteiger partial charge on any atom is -0.489 e. The van der Waals surface area contributed by atoms with Gasteiger partial charge in [-0.15, -0.1) is 0 Å². The number of nitrogens with one attached hydrogen (secondary N) is 1. The monoisotopic (exact) mass is 285 g/mol. The Hall–Kier alpha value is -2.82. The first-order chi connectivity index (χ1) is 10.1. The molecule has 2 rings (SSSR count). The van der Waals surface area contributed by atoms with Gasteiger partial charge in [0.05, 0.1) is 0 Å². The predicted octanol–water partition coefficient (Wildman–Crippen LogP) is 2.08. The van der Waals surface area contributed by atoms with E-state index >= 15 is 0 Å². The zero-order valence-electron chi connectivity index (χ0n) is 11.3. The summed E-state index contributed by atoms with van der Waals surface area (Å²) in [5.41, 5.74) is 1.39. The number of carbonyl (C=O) groups is 2. The van der Waals surface area contributed by atoms with Crippen LogP contribution in [0.25, 0.3) is 0 Å². The lowest BCUT2D eigenvalue weighted by Gasteiger charge is -2.08. The minimum absolute atomic E-state index is 0.363. The average Bonchev–Trinajstić information content (AvgIpc) is 2.52. The number of carboxylic acid groups (broad SMARTS) is 1. The van der Waals surface area contributed by atoms with Gasteiger partial charge in [-0.3, -0.25) is 9.59 Å². The Labute approximate surface area is 122 Å². The zero-order valence-corrected chi connectivity index (χ0v) is 11.3. The highest BCUT2D eigenvalue weighted by Crippen LogP contribution is 2.15. The highest BCUT2D eigenvalue weighted by Gasteiger charge is 2.08. The maximum atomic E-state index is 11.7. The SMILES string of the molecule is O=C(O)CNC(=O)c1cccc(OCc2ccccc2)c1. The van der Waals surface area contributed by atoms with Gasteiger partial charge in [-0.05, 0) is 23.8 Å². The van der Waals surface area contributed by atoms with E-state index in [0.29, 0.717) is 17.9 Å². The number of carbonyl (C=O) groups excluding carboxylic acids is 1. The van der Waals surface area contributed by atoms with Crippen molar-refractivity contribution in [3.05, 3.63) is 65.7 Å². The Balaban J connectivity index is 1.97. The topological polar surface area (TPSA) is 75.6 Å². The van der Waals surface area contributed by atoms with Gasteiger partial charge in [-0.25, -0.2) is 0 Å². The van der Waals surface area contributed by atoms with E-state index in [1.54, 1.807) is 24.3 Å². The van der Waals surface area contributed by atoms with Crippen molar-refractivity contribution < 1.29 is 19.4 Å². The lowest BCUT2D eigenvalue weighted by atomic mass is 10.2. The molecule has 0 fully saturated rings. The van der Waals surface area contributed by atoms with E-state index in [2.05, 4.69) is 5.32 Å². The number of amides is 1. The first kappa shape index (κ1) is 14.6. The number of aliphatic carboxylic acids is 1.